The minimum Gasteiger partial charge on any atom is -0.365 e. The lowest BCUT2D eigenvalue weighted by Gasteiger charge is -2.07. The van der Waals surface area contributed by atoms with Crippen LogP contribution in [0.4, 0.5) is 11.5 Å². The number of benzene rings is 2. The van der Waals surface area contributed by atoms with Gasteiger partial charge in [0, 0.05) is 24.4 Å². The zero-order chi connectivity index (χ0) is 17.5. The Kier molecular flexibility index (Phi) is 5.58. The molecule has 2 aromatic carbocycles. The summed E-state index contributed by atoms with van der Waals surface area (Å²) in [6.07, 6.45) is 3.41. The van der Waals surface area contributed by atoms with Crippen LogP contribution < -0.4 is 5.32 Å². The number of hydrogen-bond acceptors (Lipinski definition) is 6. The van der Waals surface area contributed by atoms with Gasteiger partial charge >= 0.3 is 0 Å². The quantitative estimate of drug-likeness (QED) is 0.388. The number of hydrogen-bond donors (Lipinski definition) is 1. The van der Waals surface area contributed by atoms with E-state index in [4.69, 9.17) is 0 Å². The first-order chi connectivity index (χ1) is 12.2. The highest BCUT2D eigenvalue weighted by Crippen LogP contribution is 2.21. The van der Waals surface area contributed by atoms with Gasteiger partial charge in [-0.05, 0) is 11.1 Å². The van der Waals surface area contributed by atoms with Gasteiger partial charge in [-0.2, -0.15) is 0 Å². The summed E-state index contributed by atoms with van der Waals surface area (Å²) in [6.45, 7) is 0.527. The van der Waals surface area contributed by atoms with E-state index in [9.17, 15) is 10.1 Å². The Morgan fingerprint density at radius 3 is 2.48 bits per heavy atom. The Labute approximate surface area is 149 Å². The lowest BCUT2D eigenvalue weighted by atomic mass is 10.2. The van der Waals surface area contributed by atoms with Crippen LogP contribution in [-0.2, 0) is 12.3 Å². The van der Waals surface area contributed by atoms with Crippen molar-refractivity contribution in [1.29, 1.82) is 0 Å². The Bertz CT molecular complexity index is 841. The van der Waals surface area contributed by atoms with Crippen molar-refractivity contribution in [1.82, 2.24) is 9.97 Å². The first kappa shape index (κ1) is 16.9. The molecule has 25 heavy (non-hydrogen) atoms. The van der Waals surface area contributed by atoms with Crippen molar-refractivity contribution >= 4 is 23.3 Å². The maximum atomic E-state index is 10.7. The van der Waals surface area contributed by atoms with Gasteiger partial charge in [0.15, 0.2) is 0 Å². The topological polar surface area (TPSA) is 81.0 Å². The lowest BCUT2D eigenvalue weighted by Crippen LogP contribution is -2.02. The van der Waals surface area contributed by atoms with E-state index < -0.39 is 4.92 Å². The Balaban J connectivity index is 1.57. The number of aromatic nitrogens is 2. The number of thioether (sulfide) groups is 1. The first-order valence-corrected chi connectivity index (χ1v) is 8.65. The number of nitrogens with one attached hydrogen (secondary N) is 1. The summed E-state index contributed by atoms with van der Waals surface area (Å²) in [5.74, 6) is 1.51. The number of non-ortho nitro benzene ring substituents is 1. The summed E-state index contributed by atoms with van der Waals surface area (Å²) in [5.41, 5.74) is 2.26. The predicted octanol–water partition coefficient (Wildman–Crippen LogP) is 4.29. The van der Waals surface area contributed by atoms with Gasteiger partial charge in [0.25, 0.3) is 5.69 Å². The Hall–Kier alpha value is -2.93. The molecular formula is C18H16N4O2S. The van der Waals surface area contributed by atoms with Crippen LogP contribution in [0.1, 0.15) is 11.1 Å². The largest absolute Gasteiger partial charge is 0.365 e. The van der Waals surface area contributed by atoms with Crippen LogP contribution in [0.5, 0.6) is 0 Å². The van der Waals surface area contributed by atoms with Crippen LogP contribution in [0.3, 0.4) is 0 Å². The maximum absolute atomic E-state index is 10.7. The second-order valence-corrected chi connectivity index (χ2v) is 6.29. The number of nitrogens with zero attached hydrogens (tertiary/aromatic N) is 3. The van der Waals surface area contributed by atoms with Crippen molar-refractivity contribution in [2.45, 2.75) is 17.3 Å². The van der Waals surface area contributed by atoms with Gasteiger partial charge in [0.2, 0.25) is 0 Å². The van der Waals surface area contributed by atoms with Gasteiger partial charge in [-0.3, -0.25) is 15.1 Å². The number of anilines is 1. The lowest BCUT2D eigenvalue weighted by molar-refractivity contribution is -0.384. The van der Waals surface area contributed by atoms with E-state index in [1.165, 1.54) is 17.7 Å². The summed E-state index contributed by atoms with van der Waals surface area (Å²) in [6, 6.07) is 16.6. The van der Waals surface area contributed by atoms with Crippen LogP contribution in [0.25, 0.3) is 0 Å². The summed E-state index contributed by atoms with van der Waals surface area (Å²) < 4.78 is 0. The highest BCUT2D eigenvalue weighted by molar-refractivity contribution is 7.98. The third-order valence-electron chi connectivity index (χ3n) is 3.46. The molecule has 1 aromatic heterocycles. The molecular weight excluding hydrogens is 336 g/mol. The van der Waals surface area contributed by atoms with E-state index in [1.54, 1.807) is 36.3 Å². The van der Waals surface area contributed by atoms with Crippen molar-refractivity contribution in [3.8, 4) is 0 Å². The molecule has 0 bridgehead atoms. The fraction of sp³-hybridized carbons (Fsp3) is 0.111. The summed E-state index contributed by atoms with van der Waals surface area (Å²) in [4.78, 5) is 19.0. The van der Waals surface area contributed by atoms with Crippen LogP contribution in [0.2, 0.25) is 0 Å². The first-order valence-electron chi connectivity index (χ1n) is 7.67. The van der Waals surface area contributed by atoms with Crippen LogP contribution in [0, 0.1) is 10.1 Å². The van der Waals surface area contributed by atoms with Gasteiger partial charge in [-0.25, -0.2) is 4.98 Å². The molecule has 1 heterocycles. The molecule has 6 nitrogen and oxygen atoms in total. The standard InChI is InChI=1S/C18H16N4O2S/c23-22(24)16-8-6-14(7-9-16)10-20-17-11-19-12-18(21-17)25-13-15-4-2-1-3-5-15/h1-9,11-12H,10,13H2,(H,20,21). The fourth-order valence-corrected chi connectivity index (χ4v) is 2.97. The molecule has 3 rings (SSSR count). The molecule has 0 unspecified atom stereocenters. The molecule has 0 radical (unpaired) electrons. The molecule has 3 aromatic rings. The third-order valence-corrected chi connectivity index (χ3v) is 4.43. The van der Waals surface area contributed by atoms with Gasteiger partial charge in [0.1, 0.15) is 10.8 Å². The SMILES string of the molecule is O=[N+]([O-])c1ccc(CNc2cncc(SCc3ccccc3)n2)cc1. The molecule has 0 aliphatic rings. The van der Waals surface area contributed by atoms with Crippen molar-refractivity contribution in [3.05, 3.63) is 88.2 Å². The second kappa shape index (κ2) is 8.25. The maximum Gasteiger partial charge on any atom is 0.269 e. The summed E-state index contributed by atoms with van der Waals surface area (Å²) >= 11 is 1.63. The summed E-state index contributed by atoms with van der Waals surface area (Å²) in [7, 11) is 0. The Morgan fingerprint density at radius 1 is 1.00 bits per heavy atom. The smallest absolute Gasteiger partial charge is 0.269 e. The number of nitro benzene ring substituents is 1. The van der Waals surface area contributed by atoms with E-state index in [0.717, 1.165) is 16.3 Å². The van der Waals surface area contributed by atoms with E-state index >= 15 is 0 Å². The predicted molar refractivity (Wildman–Crippen MR) is 98.5 cm³/mol. The Morgan fingerprint density at radius 2 is 1.76 bits per heavy atom. The van der Waals surface area contributed by atoms with Crippen molar-refractivity contribution in [3.63, 3.8) is 0 Å². The molecule has 7 heteroatoms. The van der Waals surface area contributed by atoms with E-state index in [1.807, 2.05) is 18.2 Å². The highest BCUT2D eigenvalue weighted by atomic mass is 32.2. The van der Waals surface area contributed by atoms with Crippen molar-refractivity contribution in [2.75, 3.05) is 5.32 Å². The minimum absolute atomic E-state index is 0.0860. The van der Waals surface area contributed by atoms with Crippen LogP contribution in [-0.4, -0.2) is 14.9 Å². The highest BCUT2D eigenvalue weighted by Gasteiger charge is 2.05. The molecule has 0 fully saturated rings. The van der Waals surface area contributed by atoms with Gasteiger partial charge in [0.05, 0.1) is 17.3 Å². The van der Waals surface area contributed by atoms with Crippen LogP contribution >= 0.6 is 11.8 Å². The number of rotatable bonds is 7. The molecule has 0 spiro atoms. The van der Waals surface area contributed by atoms with Gasteiger partial charge < -0.3 is 5.32 Å². The minimum atomic E-state index is -0.407. The average molecular weight is 352 g/mol. The van der Waals surface area contributed by atoms with E-state index in [0.29, 0.717) is 12.4 Å². The molecule has 0 saturated carbocycles. The second-order valence-electron chi connectivity index (χ2n) is 5.29. The summed E-state index contributed by atoms with van der Waals surface area (Å²) in [5, 5.41) is 14.7. The monoisotopic (exact) mass is 352 g/mol. The zero-order valence-electron chi connectivity index (χ0n) is 13.3. The fourth-order valence-electron chi connectivity index (χ4n) is 2.16. The molecule has 126 valence electrons. The average Bonchev–Trinajstić information content (AvgIpc) is 2.66. The van der Waals surface area contributed by atoms with E-state index in [2.05, 4.69) is 27.4 Å². The van der Waals surface area contributed by atoms with Gasteiger partial charge in [-0.15, -0.1) is 11.8 Å². The van der Waals surface area contributed by atoms with Gasteiger partial charge in [-0.1, -0.05) is 42.5 Å². The van der Waals surface area contributed by atoms with Crippen LogP contribution in [0.15, 0.2) is 72.0 Å². The third kappa shape index (κ3) is 5.02. The van der Waals surface area contributed by atoms with E-state index in [-0.39, 0.29) is 5.69 Å². The molecule has 0 saturated heterocycles. The normalized spacial score (nSPS) is 10.4. The molecule has 0 atom stereocenters. The molecule has 1 N–H and O–H groups in total. The zero-order valence-corrected chi connectivity index (χ0v) is 14.1. The number of nitro groups is 1. The molecule has 0 amide bonds. The molecule has 0 aliphatic heterocycles. The van der Waals surface area contributed by atoms with Crippen molar-refractivity contribution < 1.29 is 4.92 Å². The van der Waals surface area contributed by atoms with Crippen molar-refractivity contribution in [2.24, 2.45) is 0 Å². The molecule has 0 aliphatic carbocycles.